The van der Waals surface area contributed by atoms with E-state index in [1.165, 1.54) is 24.3 Å². The Morgan fingerprint density at radius 1 is 1.05 bits per heavy atom. The molecule has 0 radical (unpaired) electrons. The van der Waals surface area contributed by atoms with Crippen LogP contribution in [0.4, 0.5) is 5.69 Å². The van der Waals surface area contributed by atoms with Gasteiger partial charge in [0.2, 0.25) is 0 Å². The van der Waals surface area contributed by atoms with Gasteiger partial charge in [-0.2, -0.15) is 0 Å². The number of halogens is 2. The van der Waals surface area contributed by atoms with E-state index in [0.29, 0.717) is 26.9 Å². The summed E-state index contributed by atoms with van der Waals surface area (Å²) < 4.78 is 0. The molecule has 2 rings (SSSR count). The van der Waals surface area contributed by atoms with Gasteiger partial charge in [-0.1, -0.05) is 23.2 Å². The molecule has 0 bridgehead atoms. The molecule has 2 aromatic carbocycles. The van der Waals surface area contributed by atoms with Crippen LogP contribution in [0.1, 0.15) is 26.3 Å². The number of hydrogen-bond acceptors (Lipinski definition) is 2. The van der Waals surface area contributed by atoms with Crippen molar-refractivity contribution in [2.75, 3.05) is 5.32 Å². The van der Waals surface area contributed by atoms with Gasteiger partial charge in [0.15, 0.2) is 0 Å². The molecule has 0 unspecified atom stereocenters. The maximum Gasteiger partial charge on any atom is 0.335 e. The van der Waals surface area contributed by atoms with Gasteiger partial charge in [0.05, 0.1) is 15.6 Å². The predicted molar refractivity (Wildman–Crippen MR) is 82.6 cm³/mol. The summed E-state index contributed by atoms with van der Waals surface area (Å²) in [6.45, 7) is 1.66. The first-order valence-electron chi connectivity index (χ1n) is 5.99. The van der Waals surface area contributed by atoms with E-state index in [9.17, 15) is 9.59 Å². The number of carbonyl (C=O) groups is 2. The van der Waals surface area contributed by atoms with Gasteiger partial charge in [0.25, 0.3) is 5.91 Å². The van der Waals surface area contributed by atoms with Crippen LogP contribution in [0, 0.1) is 6.92 Å². The maximum absolute atomic E-state index is 12.1. The third-order valence-corrected chi connectivity index (χ3v) is 3.64. The van der Waals surface area contributed by atoms with Crippen LogP contribution < -0.4 is 5.32 Å². The van der Waals surface area contributed by atoms with Crippen molar-refractivity contribution >= 4 is 40.8 Å². The molecule has 6 heteroatoms. The van der Waals surface area contributed by atoms with Gasteiger partial charge in [-0.3, -0.25) is 4.79 Å². The summed E-state index contributed by atoms with van der Waals surface area (Å²) in [4.78, 5) is 23.0. The summed E-state index contributed by atoms with van der Waals surface area (Å²) in [7, 11) is 0. The van der Waals surface area contributed by atoms with Crippen molar-refractivity contribution in [1.29, 1.82) is 0 Å². The number of carbonyl (C=O) groups excluding carboxylic acids is 1. The molecule has 0 fully saturated rings. The number of benzene rings is 2. The Hall–Kier alpha value is -2.04. The Kier molecular flexibility index (Phi) is 4.50. The van der Waals surface area contributed by atoms with Crippen LogP contribution >= 0.6 is 23.2 Å². The largest absolute Gasteiger partial charge is 0.478 e. The fourth-order valence-corrected chi connectivity index (χ4v) is 2.12. The molecule has 0 aromatic heterocycles. The molecular formula is C15H11Cl2NO3. The molecule has 2 N–H and O–H groups in total. The number of amides is 1. The first kappa shape index (κ1) is 15.4. The highest BCUT2D eigenvalue weighted by molar-refractivity contribution is 6.42. The van der Waals surface area contributed by atoms with Crippen molar-refractivity contribution in [3.8, 4) is 0 Å². The van der Waals surface area contributed by atoms with Crippen LogP contribution in [0.25, 0.3) is 0 Å². The summed E-state index contributed by atoms with van der Waals surface area (Å²) in [5.74, 6) is -1.36. The minimum Gasteiger partial charge on any atom is -0.478 e. The number of hydrogen-bond donors (Lipinski definition) is 2. The lowest BCUT2D eigenvalue weighted by molar-refractivity contribution is 0.0696. The van der Waals surface area contributed by atoms with E-state index in [1.807, 2.05) is 0 Å². The molecule has 21 heavy (non-hydrogen) atoms. The molecule has 4 nitrogen and oxygen atoms in total. The minimum atomic E-state index is -1.00. The molecule has 1 amide bonds. The zero-order valence-electron chi connectivity index (χ0n) is 11.0. The van der Waals surface area contributed by atoms with Gasteiger partial charge in [0, 0.05) is 11.3 Å². The summed E-state index contributed by atoms with van der Waals surface area (Å²) >= 11 is 11.7. The quantitative estimate of drug-likeness (QED) is 0.887. The zero-order valence-corrected chi connectivity index (χ0v) is 12.5. The molecular weight excluding hydrogens is 313 g/mol. The second kappa shape index (κ2) is 6.16. The van der Waals surface area contributed by atoms with E-state index in [2.05, 4.69) is 5.32 Å². The van der Waals surface area contributed by atoms with Crippen molar-refractivity contribution in [3.63, 3.8) is 0 Å². The number of carboxylic acids is 1. The minimum absolute atomic E-state index is 0.197. The average molecular weight is 324 g/mol. The van der Waals surface area contributed by atoms with Crippen LogP contribution in [-0.4, -0.2) is 17.0 Å². The standard InChI is InChI=1S/C15H11Cl2NO3/c1-8-6-10(3-4-11(8)15(20)21)18-14(19)9-2-5-12(16)13(17)7-9/h2-7H,1H3,(H,18,19)(H,20,21). The summed E-state index contributed by atoms with van der Waals surface area (Å²) in [6.07, 6.45) is 0. The summed E-state index contributed by atoms with van der Waals surface area (Å²) in [5.41, 5.74) is 1.63. The van der Waals surface area contributed by atoms with Crippen molar-refractivity contribution in [2.24, 2.45) is 0 Å². The topological polar surface area (TPSA) is 66.4 Å². The Balaban J connectivity index is 2.21. The molecule has 0 saturated heterocycles. The van der Waals surface area contributed by atoms with Crippen LogP contribution in [0.5, 0.6) is 0 Å². The van der Waals surface area contributed by atoms with Crippen LogP contribution in [0.3, 0.4) is 0 Å². The first-order chi connectivity index (χ1) is 9.88. The highest BCUT2D eigenvalue weighted by Crippen LogP contribution is 2.23. The van der Waals surface area contributed by atoms with E-state index in [4.69, 9.17) is 28.3 Å². The van der Waals surface area contributed by atoms with Gasteiger partial charge in [-0.05, 0) is 48.9 Å². The first-order valence-corrected chi connectivity index (χ1v) is 6.74. The van der Waals surface area contributed by atoms with Crippen LogP contribution in [0.15, 0.2) is 36.4 Å². The molecule has 0 spiro atoms. The van der Waals surface area contributed by atoms with E-state index in [-0.39, 0.29) is 11.5 Å². The second-order valence-electron chi connectivity index (χ2n) is 4.42. The fourth-order valence-electron chi connectivity index (χ4n) is 1.82. The van der Waals surface area contributed by atoms with Crippen LogP contribution in [0.2, 0.25) is 10.0 Å². The van der Waals surface area contributed by atoms with E-state index >= 15 is 0 Å². The molecule has 0 saturated carbocycles. The SMILES string of the molecule is Cc1cc(NC(=O)c2ccc(Cl)c(Cl)c2)ccc1C(=O)O. The smallest absolute Gasteiger partial charge is 0.335 e. The number of nitrogens with one attached hydrogen (secondary N) is 1. The summed E-state index contributed by atoms with van der Waals surface area (Å²) in [6, 6.07) is 9.14. The van der Waals surface area contributed by atoms with E-state index in [1.54, 1.807) is 19.1 Å². The number of aryl methyl sites for hydroxylation is 1. The Morgan fingerprint density at radius 2 is 1.76 bits per heavy atom. The number of anilines is 1. The molecule has 0 heterocycles. The lowest BCUT2D eigenvalue weighted by atomic mass is 10.1. The number of rotatable bonds is 3. The van der Waals surface area contributed by atoms with Crippen molar-refractivity contribution in [1.82, 2.24) is 0 Å². The highest BCUT2D eigenvalue weighted by atomic mass is 35.5. The lowest BCUT2D eigenvalue weighted by Gasteiger charge is -2.08. The van der Waals surface area contributed by atoms with E-state index < -0.39 is 5.97 Å². The molecule has 2 aromatic rings. The Labute approximate surface area is 131 Å². The fraction of sp³-hybridized carbons (Fsp3) is 0.0667. The third kappa shape index (κ3) is 3.54. The molecule has 0 aliphatic rings. The van der Waals surface area contributed by atoms with Crippen molar-refractivity contribution in [3.05, 3.63) is 63.1 Å². The van der Waals surface area contributed by atoms with Gasteiger partial charge in [-0.15, -0.1) is 0 Å². The van der Waals surface area contributed by atoms with Gasteiger partial charge in [0.1, 0.15) is 0 Å². The van der Waals surface area contributed by atoms with Gasteiger partial charge >= 0.3 is 5.97 Å². The highest BCUT2D eigenvalue weighted by Gasteiger charge is 2.11. The normalized spacial score (nSPS) is 10.2. The van der Waals surface area contributed by atoms with E-state index in [0.717, 1.165) is 0 Å². The molecule has 0 aliphatic carbocycles. The molecule has 0 atom stereocenters. The van der Waals surface area contributed by atoms with Gasteiger partial charge < -0.3 is 10.4 Å². The Morgan fingerprint density at radius 3 is 2.33 bits per heavy atom. The Bertz CT molecular complexity index is 729. The third-order valence-electron chi connectivity index (χ3n) is 2.90. The van der Waals surface area contributed by atoms with Crippen molar-refractivity contribution in [2.45, 2.75) is 6.92 Å². The number of aromatic carboxylic acids is 1. The average Bonchev–Trinajstić information content (AvgIpc) is 2.41. The number of carboxylic acid groups (broad SMARTS) is 1. The predicted octanol–water partition coefficient (Wildman–Crippen LogP) is 4.25. The van der Waals surface area contributed by atoms with Crippen molar-refractivity contribution < 1.29 is 14.7 Å². The maximum atomic E-state index is 12.1. The second-order valence-corrected chi connectivity index (χ2v) is 5.23. The van der Waals surface area contributed by atoms with Crippen LogP contribution in [-0.2, 0) is 0 Å². The van der Waals surface area contributed by atoms with Gasteiger partial charge in [-0.25, -0.2) is 4.79 Å². The monoisotopic (exact) mass is 323 g/mol. The lowest BCUT2D eigenvalue weighted by Crippen LogP contribution is -2.12. The summed E-state index contributed by atoms with van der Waals surface area (Å²) in [5, 5.41) is 12.3. The molecule has 108 valence electrons. The zero-order chi connectivity index (χ0) is 15.6. The molecule has 0 aliphatic heterocycles.